The summed E-state index contributed by atoms with van der Waals surface area (Å²) in [6, 6.07) is 7.02. The fourth-order valence-corrected chi connectivity index (χ4v) is 2.38. The number of nitrogens with one attached hydrogen (secondary N) is 2. The molecule has 0 amide bonds. The van der Waals surface area contributed by atoms with Gasteiger partial charge in [0.15, 0.2) is 5.69 Å². The number of carboxylic acids is 1. The zero-order chi connectivity index (χ0) is 20.0. The molecule has 0 atom stereocenters. The smallest absolute Gasteiger partial charge is 0.413 e. The number of rotatable bonds is 3. The van der Waals surface area contributed by atoms with Crippen molar-refractivity contribution in [2.45, 2.75) is 13.1 Å². The van der Waals surface area contributed by atoms with Crippen LogP contribution in [0.3, 0.4) is 0 Å². The Morgan fingerprint density at radius 2 is 2.00 bits per heavy atom. The number of hydrogen-bond acceptors (Lipinski definition) is 6. The van der Waals surface area contributed by atoms with Crippen LogP contribution >= 0.6 is 11.3 Å². The lowest BCUT2D eigenvalue weighted by Gasteiger charge is -2.08. The molecule has 0 aliphatic carbocycles. The average molecular weight is 396 g/mol. The second-order valence-corrected chi connectivity index (χ2v) is 5.91. The highest BCUT2D eigenvalue weighted by atomic mass is 32.1. The second-order valence-electron chi connectivity index (χ2n) is 5.06. The van der Waals surface area contributed by atoms with Gasteiger partial charge in [-0.1, -0.05) is 0 Å². The normalized spacial score (nSPS) is 10.7. The van der Waals surface area contributed by atoms with Crippen molar-refractivity contribution in [2.75, 3.05) is 5.32 Å². The number of alkyl halides is 3. The van der Waals surface area contributed by atoms with Crippen molar-refractivity contribution in [3.05, 3.63) is 64.9 Å². The molecule has 3 rings (SSSR count). The molecule has 0 bridgehead atoms. The highest BCUT2D eigenvalue weighted by Gasteiger charge is 2.28. The molecule has 3 N–H and O–H groups in total. The molecule has 0 aliphatic heterocycles. The molecule has 3 heterocycles. The number of aryl methyl sites for hydroxylation is 1. The molecule has 0 unspecified atom stereocenters. The van der Waals surface area contributed by atoms with Crippen LogP contribution in [0.2, 0.25) is 0 Å². The van der Waals surface area contributed by atoms with Crippen molar-refractivity contribution in [2.24, 2.45) is 0 Å². The van der Waals surface area contributed by atoms with Crippen molar-refractivity contribution in [1.82, 2.24) is 15.0 Å². The molecule has 0 fully saturated rings. The maximum absolute atomic E-state index is 11.7. The summed E-state index contributed by atoms with van der Waals surface area (Å²) in [7, 11) is 0. The highest BCUT2D eigenvalue weighted by Crippen LogP contribution is 2.31. The Kier molecular flexibility index (Phi) is 6.29. The van der Waals surface area contributed by atoms with E-state index in [9.17, 15) is 18.0 Å². The third-order valence-corrected chi connectivity index (χ3v) is 3.63. The number of nitrogens with zero attached hydrogens (tertiary/aromatic N) is 3. The summed E-state index contributed by atoms with van der Waals surface area (Å²) >= 11 is 0.667. The Morgan fingerprint density at radius 1 is 1.26 bits per heavy atom. The first-order valence-corrected chi connectivity index (χ1v) is 8.17. The zero-order valence-corrected chi connectivity index (χ0v) is 14.6. The first kappa shape index (κ1) is 20.1. The van der Waals surface area contributed by atoms with Crippen LogP contribution in [-0.4, -0.2) is 26.0 Å². The van der Waals surface area contributed by atoms with Crippen LogP contribution in [0, 0.1) is 6.92 Å². The summed E-state index contributed by atoms with van der Waals surface area (Å²) in [6.07, 6.45) is -1.14. The van der Waals surface area contributed by atoms with Gasteiger partial charge in [-0.15, -0.1) is 0 Å². The van der Waals surface area contributed by atoms with E-state index in [1.54, 1.807) is 43.6 Å². The Balaban J connectivity index is 0.000000223. The lowest BCUT2D eigenvalue weighted by Crippen LogP contribution is -2.06. The molecule has 3 aromatic heterocycles. The lowest BCUT2D eigenvalue weighted by atomic mass is 10.2. The quantitative estimate of drug-likeness (QED) is 0.639. The minimum atomic E-state index is -4.41. The number of pyridine rings is 2. The number of aromatic nitrogens is 3. The summed E-state index contributed by atoms with van der Waals surface area (Å²) < 4.78 is 35.0. The molecule has 142 valence electrons. The van der Waals surface area contributed by atoms with Crippen molar-refractivity contribution >= 4 is 33.8 Å². The van der Waals surface area contributed by atoms with E-state index >= 15 is 0 Å². The summed E-state index contributed by atoms with van der Waals surface area (Å²) in [5, 5.41) is 12.5. The Labute approximate surface area is 155 Å². The Morgan fingerprint density at radius 3 is 2.48 bits per heavy atom. The van der Waals surface area contributed by atoms with Crippen molar-refractivity contribution in [1.29, 1.82) is 0 Å². The molecule has 0 aliphatic rings. The number of aromatic carboxylic acids is 1. The van der Waals surface area contributed by atoms with E-state index in [-0.39, 0.29) is 10.8 Å². The van der Waals surface area contributed by atoms with Gasteiger partial charge in [-0.2, -0.15) is 24.5 Å². The van der Waals surface area contributed by atoms with Gasteiger partial charge in [0.25, 0.3) is 0 Å². The average Bonchev–Trinajstić information content (AvgIpc) is 3.05. The molecule has 11 heteroatoms. The lowest BCUT2D eigenvalue weighted by molar-refractivity contribution is -0.140. The van der Waals surface area contributed by atoms with Gasteiger partial charge in [-0.3, -0.25) is 4.98 Å². The number of hydrogen-bond donors (Lipinski definition) is 2. The van der Waals surface area contributed by atoms with E-state index < -0.39 is 17.8 Å². The van der Waals surface area contributed by atoms with Crippen LogP contribution in [0.15, 0.2) is 42.0 Å². The standard InChI is InChI=1S/C12H11N3O2.C4H2F3N2S/c1-8-4-5-10(11(14-8)12(16)17)15-9-3-2-6-13-7-9;5-4(6,7)2-1-10-3(8)9-2/h2-7,15H,1H3,(H,16,17);1H,(H-,8,9)/q;-1. The van der Waals surface area contributed by atoms with E-state index in [1.165, 1.54) is 0 Å². The van der Waals surface area contributed by atoms with Crippen molar-refractivity contribution in [3.63, 3.8) is 0 Å². The molecule has 0 radical (unpaired) electrons. The van der Waals surface area contributed by atoms with Gasteiger partial charge in [0, 0.05) is 11.9 Å². The minimum absolute atomic E-state index is 0.00820. The summed E-state index contributed by atoms with van der Waals surface area (Å²) in [6.45, 7) is 1.75. The maximum Gasteiger partial charge on any atom is 0.413 e. The topological polar surface area (TPSA) is 112 Å². The molecular formula is C16H13F3N5O2S-. The third kappa shape index (κ3) is 5.92. The fourth-order valence-electron chi connectivity index (χ4n) is 1.82. The van der Waals surface area contributed by atoms with Gasteiger partial charge >= 0.3 is 12.1 Å². The molecule has 0 aromatic carbocycles. The van der Waals surface area contributed by atoms with Gasteiger partial charge in [0.05, 0.1) is 23.3 Å². The van der Waals surface area contributed by atoms with Crippen LogP contribution in [0.25, 0.3) is 5.73 Å². The van der Waals surface area contributed by atoms with Crippen LogP contribution in [0.1, 0.15) is 21.9 Å². The molecule has 0 spiro atoms. The number of anilines is 2. The first-order chi connectivity index (χ1) is 12.7. The third-order valence-electron chi connectivity index (χ3n) is 2.97. The molecule has 0 saturated carbocycles. The van der Waals surface area contributed by atoms with E-state index in [0.717, 1.165) is 11.1 Å². The summed E-state index contributed by atoms with van der Waals surface area (Å²) in [5.41, 5.74) is 7.57. The van der Waals surface area contributed by atoms with Crippen LogP contribution in [0.4, 0.5) is 29.7 Å². The fraction of sp³-hybridized carbons (Fsp3) is 0.125. The van der Waals surface area contributed by atoms with Crippen molar-refractivity contribution < 1.29 is 23.1 Å². The minimum Gasteiger partial charge on any atom is -0.476 e. The summed E-state index contributed by atoms with van der Waals surface area (Å²) in [4.78, 5) is 21.9. The maximum atomic E-state index is 11.7. The summed E-state index contributed by atoms with van der Waals surface area (Å²) in [5.74, 6) is -1.06. The SMILES string of the molecule is Cc1ccc(Nc2cccnc2)c(C(=O)O)n1.[NH-]c1nc(C(F)(F)F)cs1. The van der Waals surface area contributed by atoms with E-state index in [0.29, 0.717) is 22.7 Å². The molecule has 7 nitrogen and oxygen atoms in total. The zero-order valence-electron chi connectivity index (χ0n) is 13.8. The number of carbonyl (C=O) groups is 1. The van der Waals surface area contributed by atoms with E-state index in [1.807, 2.05) is 0 Å². The largest absolute Gasteiger partial charge is 0.476 e. The Hall–Kier alpha value is -3.21. The first-order valence-electron chi connectivity index (χ1n) is 7.29. The molecular weight excluding hydrogens is 383 g/mol. The predicted molar refractivity (Wildman–Crippen MR) is 94.6 cm³/mol. The highest BCUT2D eigenvalue weighted by molar-refractivity contribution is 7.13. The molecule has 3 aromatic rings. The van der Waals surface area contributed by atoms with Crippen LogP contribution in [-0.2, 0) is 6.18 Å². The number of carboxylic acid groups (broad SMARTS) is 1. The second kappa shape index (κ2) is 8.45. The van der Waals surface area contributed by atoms with Crippen molar-refractivity contribution in [3.8, 4) is 0 Å². The Bertz CT molecular complexity index is 916. The van der Waals surface area contributed by atoms with Crippen LogP contribution in [0.5, 0.6) is 0 Å². The van der Waals surface area contributed by atoms with Gasteiger partial charge in [-0.05, 0) is 41.7 Å². The van der Waals surface area contributed by atoms with Gasteiger partial charge in [-0.25, -0.2) is 9.78 Å². The predicted octanol–water partition coefficient (Wildman–Crippen LogP) is 5.07. The van der Waals surface area contributed by atoms with Gasteiger partial charge in [0.2, 0.25) is 0 Å². The van der Waals surface area contributed by atoms with Crippen LogP contribution < -0.4 is 5.32 Å². The number of halogens is 3. The van der Waals surface area contributed by atoms with E-state index in [4.69, 9.17) is 10.8 Å². The van der Waals surface area contributed by atoms with Gasteiger partial charge < -0.3 is 21.1 Å². The van der Waals surface area contributed by atoms with E-state index in [2.05, 4.69) is 20.3 Å². The van der Waals surface area contributed by atoms with Gasteiger partial charge in [0.1, 0.15) is 0 Å². The monoisotopic (exact) mass is 396 g/mol. The number of thiazole rings is 1. The molecule has 27 heavy (non-hydrogen) atoms. The molecule has 0 saturated heterocycles.